The van der Waals surface area contributed by atoms with E-state index < -0.39 is 10.9 Å². The number of benzene rings is 1. The number of carbonyl (C=O) groups is 1. The van der Waals surface area contributed by atoms with Crippen LogP contribution >= 0.6 is 22.6 Å². The number of rotatable bonds is 2. The standard InChI is InChI=1S/C9H8INO4/c1-5-3-8(11(13)14)7(10)4-6(5)9(12)15-2/h3-4H,1-2H3. The van der Waals surface area contributed by atoms with Gasteiger partial charge in [0.2, 0.25) is 0 Å². The molecular weight excluding hydrogens is 313 g/mol. The number of nitro groups is 1. The predicted molar refractivity (Wildman–Crippen MR) is 61.9 cm³/mol. The number of aryl methyl sites for hydroxylation is 1. The van der Waals surface area contributed by atoms with Gasteiger partial charge >= 0.3 is 5.97 Å². The van der Waals surface area contributed by atoms with Crippen molar-refractivity contribution in [1.29, 1.82) is 0 Å². The molecule has 0 unspecified atom stereocenters. The molecule has 0 aliphatic rings. The number of methoxy groups -OCH3 is 1. The Bertz CT molecular complexity index is 430. The number of carbonyl (C=O) groups excluding carboxylic acids is 1. The van der Waals surface area contributed by atoms with Gasteiger partial charge in [0.25, 0.3) is 5.69 Å². The zero-order chi connectivity index (χ0) is 11.6. The zero-order valence-electron chi connectivity index (χ0n) is 8.11. The quantitative estimate of drug-likeness (QED) is 0.363. The maximum absolute atomic E-state index is 11.3. The minimum atomic E-state index is -0.486. The molecule has 0 aliphatic heterocycles. The van der Waals surface area contributed by atoms with E-state index in [2.05, 4.69) is 4.74 Å². The molecule has 0 saturated carbocycles. The minimum absolute atomic E-state index is 0.000697. The maximum atomic E-state index is 11.3. The Kier molecular flexibility index (Phi) is 3.61. The molecule has 0 N–H and O–H groups in total. The molecule has 0 aromatic heterocycles. The van der Waals surface area contributed by atoms with Gasteiger partial charge in [-0.15, -0.1) is 0 Å². The Balaban J connectivity index is 3.31. The van der Waals surface area contributed by atoms with Crippen LogP contribution in [0.15, 0.2) is 12.1 Å². The summed E-state index contributed by atoms with van der Waals surface area (Å²) in [6.45, 7) is 1.63. The molecule has 0 radical (unpaired) electrons. The van der Waals surface area contributed by atoms with Crippen LogP contribution in [0, 0.1) is 20.6 Å². The molecule has 6 heteroatoms. The molecule has 0 heterocycles. The summed E-state index contributed by atoms with van der Waals surface area (Å²) in [5.41, 5.74) is 0.891. The van der Waals surface area contributed by atoms with E-state index in [1.165, 1.54) is 19.2 Å². The summed E-state index contributed by atoms with van der Waals surface area (Å²) < 4.78 is 4.98. The fraction of sp³-hybridized carbons (Fsp3) is 0.222. The lowest BCUT2D eigenvalue weighted by molar-refractivity contribution is -0.385. The smallest absolute Gasteiger partial charge is 0.338 e. The summed E-state index contributed by atoms with van der Waals surface area (Å²) in [6.07, 6.45) is 0. The predicted octanol–water partition coefficient (Wildman–Crippen LogP) is 2.29. The molecular formula is C9H8INO4. The molecule has 1 rings (SSSR count). The van der Waals surface area contributed by atoms with Gasteiger partial charge in [0.15, 0.2) is 0 Å². The number of nitro benzene ring substituents is 1. The fourth-order valence-electron chi connectivity index (χ4n) is 1.14. The van der Waals surface area contributed by atoms with E-state index in [1.807, 2.05) is 22.6 Å². The molecule has 15 heavy (non-hydrogen) atoms. The summed E-state index contributed by atoms with van der Waals surface area (Å²) in [6, 6.07) is 2.83. The van der Waals surface area contributed by atoms with E-state index in [-0.39, 0.29) is 5.69 Å². The SMILES string of the molecule is COC(=O)c1cc(I)c([N+](=O)[O-])cc1C. The second-order valence-corrected chi connectivity index (χ2v) is 4.03. The van der Waals surface area contributed by atoms with Gasteiger partial charge in [-0.2, -0.15) is 0 Å². The van der Waals surface area contributed by atoms with Crippen molar-refractivity contribution < 1.29 is 14.5 Å². The molecule has 0 bridgehead atoms. The van der Waals surface area contributed by atoms with Crippen LogP contribution in [0.25, 0.3) is 0 Å². The van der Waals surface area contributed by atoms with Crippen molar-refractivity contribution in [2.75, 3.05) is 7.11 Å². The average molecular weight is 321 g/mol. The lowest BCUT2D eigenvalue weighted by Crippen LogP contribution is -2.05. The highest BCUT2D eigenvalue weighted by Gasteiger charge is 2.18. The topological polar surface area (TPSA) is 69.4 Å². The van der Waals surface area contributed by atoms with Crippen molar-refractivity contribution in [3.63, 3.8) is 0 Å². The Morgan fingerprint density at radius 1 is 1.53 bits per heavy atom. The highest BCUT2D eigenvalue weighted by Crippen LogP contribution is 2.25. The average Bonchev–Trinajstić information content (AvgIpc) is 2.19. The van der Waals surface area contributed by atoms with Crippen LogP contribution in [-0.4, -0.2) is 18.0 Å². The van der Waals surface area contributed by atoms with E-state index in [0.717, 1.165) is 0 Å². The normalized spacial score (nSPS) is 9.80. The summed E-state index contributed by atoms with van der Waals surface area (Å²) in [5, 5.41) is 10.6. The number of hydrogen-bond donors (Lipinski definition) is 0. The number of esters is 1. The molecule has 1 aromatic carbocycles. The van der Waals surface area contributed by atoms with Crippen molar-refractivity contribution in [3.05, 3.63) is 36.9 Å². The van der Waals surface area contributed by atoms with Gasteiger partial charge in [-0.25, -0.2) is 4.79 Å². The van der Waals surface area contributed by atoms with Crippen LogP contribution < -0.4 is 0 Å². The van der Waals surface area contributed by atoms with Crippen LogP contribution in [0.2, 0.25) is 0 Å². The van der Waals surface area contributed by atoms with Crippen molar-refractivity contribution in [3.8, 4) is 0 Å². The Hall–Kier alpha value is -1.18. The van der Waals surface area contributed by atoms with Gasteiger partial charge in [-0.05, 0) is 41.1 Å². The number of ether oxygens (including phenoxy) is 1. The summed E-state index contributed by atoms with van der Waals surface area (Å²) in [5.74, 6) is -0.486. The van der Waals surface area contributed by atoms with E-state index in [4.69, 9.17) is 0 Å². The third-order valence-electron chi connectivity index (χ3n) is 1.90. The van der Waals surface area contributed by atoms with Crippen molar-refractivity contribution in [2.24, 2.45) is 0 Å². The van der Waals surface area contributed by atoms with Crippen LogP contribution in [0.1, 0.15) is 15.9 Å². The molecule has 0 atom stereocenters. The fourth-order valence-corrected chi connectivity index (χ4v) is 1.80. The molecule has 0 amide bonds. The Morgan fingerprint density at radius 2 is 2.13 bits per heavy atom. The Morgan fingerprint density at radius 3 is 2.60 bits per heavy atom. The first kappa shape index (κ1) is 11.9. The van der Waals surface area contributed by atoms with E-state index >= 15 is 0 Å². The first-order valence-electron chi connectivity index (χ1n) is 4.00. The van der Waals surface area contributed by atoms with Gasteiger partial charge < -0.3 is 4.74 Å². The van der Waals surface area contributed by atoms with Gasteiger partial charge in [0.05, 0.1) is 21.2 Å². The van der Waals surface area contributed by atoms with Crippen molar-refractivity contribution in [2.45, 2.75) is 6.92 Å². The van der Waals surface area contributed by atoms with Gasteiger partial charge in [0, 0.05) is 6.07 Å². The van der Waals surface area contributed by atoms with E-state index in [9.17, 15) is 14.9 Å². The third kappa shape index (κ3) is 2.44. The lowest BCUT2D eigenvalue weighted by Gasteiger charge is -2.04. The van der Waals surface area contributed by atoms with E-state index in [1.54, 1.807) is 6.92 Å². The summed E-state index contributed by atoms with van der Waals surface area (Å²) >= 11 is 1.82. The second-order valence-electron chi connectivity index (χ2n) is 2.87. The summed E-state index contributed by atoms with van der Waals surface area (Å²) in [7, 11) is 1.27. The van der Waals surface area contributed by atoms with Crippen LogP contribution in [0.5, 0.6) is 0 Å². The van der Waals surface area contributed by atoms with Crippen LogP contribution in [-0.2, 0) is 4.74 Å². The third-order valence-corrected chi connectivity index (χ3v) is 2.76. The van der Waals surface area contributed by atoms with Crippen LogP contribution in [0.3, 0.4) is 0 Å². The first-order valence-corrected chi connectivity index (χ1v) is 5.08. The second kappa shape index (κ2) is 4.56. The van der Waals surface area contributed by atoms with Crippen molar-refractivity contribution >= 4 is 34.2 Å². The minimum Gasteiger partial charge on any atom is -0.465 e. The number of hydrogen-bond acceptors (Lipinski definition) is 4. The number of nitrogens with zero attached hydrogens (tertiary/aromatic N) is 1. The van der Waals surface area contributed by atoms with Gasteiger partial charge in [-0.3, -0.25) is 10.1 Å². The highest BCUT2D eigenvalue weighted by atomic mass is 127. The maximum Gasteiger partial charge on any atom is 0.338 e. The molecule has 1 aromatic rings. The number of halogens is 1. The largest absolute Gasteiger partial charge is 0.465 e. The molecule has 0 saturated heterocycles. The highest BCUT2D eigenvalue weighted by molar-refractivity contribution is 14.1. The molecule has 5 nitrogen and oxygen atoms in total. The Labute approximate surface area is 99.7 Å². The zero-order valence-corrected chi connectivity index (χ0v) is 10.3. The monoisotopic (exact) mass is 321 g/mol. The molecule has 0 aliphatic carbocycles. The van der Waals surface area contributed by atoms with Gasteiger partial charge in [0.1, 0.15) is 0 Å². The van der Waals surface area contributed by atoms with Crippen LogP contribution in [0.4, 0.5) is 5.69 Å². The van der Waals surface area contributed by atoms with Gasteiger partial charge in [-0.1, -0.05) is 0 Å². The molecule has 80 valence electrons. The van der Waals surface area contributed by atoms with Crippen molar-refractivity contribution in [1.82, 2.24) is 0 Å². The molecule has 0 spiro atoms. The lowest BCUT2D eigenvalue weighted by atomic mass is 10.1. The molecule has 0 fully saturated rings. The first-order chi connectivity index (χ1) is 6.97. The van der Waals surface area contributed by atoms with E-state index in [0.29, 0.717) is 14.7 Å². The summed E-state index contributed by atoms with van der Waals surface area (Å²) in [4.78, 5) is 21.4.